The summed E-state index contributed by atoms with van der Waals surface area (Å²) in [5.41, 5.74) is 17.0. The molecule has 13 nitrogen and oxygen atoms in total. The SMILES string of the molecule is CSCCC(NC(=O)C(N)CCC(N)=O)C(=O)NC(Cc1ccc(O)cc1)C(=O)NC(CCCCN)C(=O)O. The van der Waals surface area contributed by atoms with E-state index in [1.807, 2.05) is 6.26 Å². The highest BCUT2D eigenvalue weighted by Gasteiger charge is 2.30. The van der Waals surface area contributed by atoms with Gasteiger partial charge in [0, 0.05) is 12.8 Å². The number of hydrogen-bond acceptors (Lipinski definition) is 9. The number of hydrogen-bond donors (Lipinski definition) is 8. The summed E-state index contributed by atoms with van der Waals surface area (Å²) >= 11 is 1.45. The van der Waals surface area contributed by atoms with Crippen molar-refractivity contribution in [1.82, 2.24) is 16.0 Å². The fraction of sp³-hybridized carbons (Fsp3) is 0.560. The molecule has 4 atom stereocenters. The number of carbonyl (C=O) groups excluding carboxylic acids is 4. The van der Waals surface area contributed by atoms with Gasteiger partial charge < -0.3 is 43.4 Å². The lowest BCUT2D eigenvalue weighted by Gasteiger charge is -2.25. The largest absolute Gasteiger partial charge is 0.508 e. The average molecular weight is 569 g/mol. The standard InChI is InChI=1S/C25H40N6O7S/c1-39-13-11-18(29-22(34)17(27)9-10-21(28)33)23(35)31-20(14-15-5-7-16(32)8-6-15)24(36)30-19(25(37)38)4-2-3-12-26/h5-8,17-20,32H,2-4,9-14,26-27H2,1H3,(H2,28,33)(H,29,34)(H,30,36)(H,31,35)(H,37,38). The summed E-state index contributed by atoms with van der Waals surface area (Å²) in [6.07, 6.45) is 3.19. The Morgan fingerprint density at radius 1 is 0.872 bits per heavy atom. The first kappa shape index (κ1) is 33.7. The Kier molecular flexibility index (Phi) is 15.6. The van der Waals surface area contributed by atoms with Crippen molar-refractivity contribution in [2.75, 3.05) is 18.6 Å². The number of amides is 4. The van der Waals surface area contributed by atoms with Crippen LogP contribution < -0.4 is 33.2 Å². The number of unbranched alkanes of at least 4 members (excludes halogenated alkanes) is 1. The predicted molar refractivity (Wildman–Crippen MR) is 148 cm³/mol. The highest BCUT2D eigenvalue weighted by molar-refractivity contribution is 7.98. The molecule has 0 aliphatic carbocycles. The lowest BCUT2D eigenvalue weighted by atomic mass is 10.0. The number of primary amides is 1. The van der Waals surface area contributed by atoms with E-state index in [0.717, 1.165) is 0 Å². The van der Waals surface area contributed by atoms with E-state index in [-0.39, 0.29) is 37.9 Å². The lowest BCUT2D eigenvalue weighted by molar-refractivity contribution is -0.142. The maximum absolute atomic E-state index is 13.3. The lowest BCUT2D eigenvalue weighted by Crippen LogP contribution is -2.57. The molecule has 1 rings (SSSR count). The second-order valence-corrected chi connectivity index (χ2v) is 10.1. The van der Waals surface area contributed by atoms with Crippen LogP contribution in [0, 0.1) is 0 Å². The van der Waals surface area contributed by atoms with E-state index in [1.165, 1.54) is 23.9 Å². The van der Waals surface area contributed by atoms with E-state index in [0.29, 0.717) is 30.7 Å². The van der Waals surface area contributed by atoms with E-state index in [9.17, 15) is 34.2 Å². The third-order valence-corrected chi connectivity index (χ3v) is 6.50. The number of phenols is 1. The minimum Gasteiger partial charge on any atom is -0.508 e. The molecule has 0 aromatic heterocycles. The second-order valence-electron chi connectivity index (χ2n) is 9.07. The van der Waals surface area contributed by atoms with E-state index < -0.39 is 53.8 Å². The van der Waals surface area contributed by atoms with E-state index >= 15 is 0 Å². The molecule has 0 spiro atoms. The Morgan fingerprint density at radius 3 is 2.03 bits per heavy atom. The zero-order valence-electron chi connectivity index (χ0n) is 22.1. The highest BCUT2D eigenvalue weighted by atomic mass is 32.2. The fourth-order valence-electron chi connectivity index (χ4n) is 3.58. The number of carbonyl (C=O) groups is 5. The van der Waals surface area contributed by atoms with Crippen LogP contribution in [0.1, 0.15) is 44.1 Å². The van der Waals surface area contributed by atoms with Gasteiger partial charge in [0.2, 0.25) is 23.6 Å². The molecule has 0 aliphatic rings. The number of aromatic hydroxyl groups is 1. The Bertz CT molecular complexity index is 963. The maximum atomic E-state index is 13.3. The van der Waals surface area contributed by atoms with Gasteiger partial charge in [0.15, 0.2) is 0 Å². The summed E-state index contributed by atoms with van der Waals surface area (Å²) in [6.45, 7) is 0.384. The molecule has 4 unspecified atom stereocenters. The van der Waals surface area contributed by atoms with Gasteiger partial charge in [-0.15, -0.1) is 0 Å². The molecule has 1 aromatic carbocycles. The van der Waals surface area contributed by atoms with Crippen molar-refractivity contribution < 1.29 is 34.2 Å². The van der Waals surface area contributed by atoms with Gasteiger partial charge in [0.05, 0.1) is 6.04 Å². The summed E-state index contributed by atoms with van der Waals surface area (Å²) in [6, 6.07) is 1.52. The number of carboxylic acids is 1. The third kappa shape index (κ3) is 13.3. The van der Waals surface area contributed by atoms with Crippen LogP contribution in [0.25, 0.3) is 0 Å². The zero-order chi connectivity index (χ0) is 29.4. The number of aliphatic carboxylic acids is 1. The van der Waals surface area contributed by atoms with E-state index in [4.69, 9.17) is 17.2 Å². The monoisotopic (exact) mass is 568 g/mol. The molecule has 0 saturated carbocycles. The van der Waals surface area contributed by atoms with Crippen LogP contribution in [-0.2, 0) is 30.4 Å². The number of phenolic OH excluding ortho intramolecular Hbond substituents is 1. The smallest absolute Gasteiger partial charge is 0.326 e. The van der Waals surface area contributed by atoms with Gasteiger partial charge in [-0.05, 0) is 68.4 Å². The normalized spacial score (nSPS) is 13.9. The number of carboxylic acid groups (broad SMARTS) is 1. The topological polar surface area (TPSA) is 240 Å². The van der Waals surface area contributed by atoms with Crippen LogP contribution >= 0.6 is 11.8 Å². The Labute approximate surface area is 232 Å². The first-order chi connectivity index (χ1) is 18.5. The molecule has 4 amide bonds. The van der Waals surface area contributed by atoms with Crippen LogP contribution in [0.2, 0.25) is 0 Å². The Morgan fingerprint density at radius 2 is 1.46 bits per heavy atom. The molecule has 14 heteroatoms. The first-order valence-corrected chi connectivity index (χ1v) is 14.0. The number of rotatable bonds is 19. The average Bonchev–Trinajstić information content (AvgIpc) is 2.89. The Balaban J connectivity index is 3.09. The molecule has 0 aliphatic heterocycles. The van der Waals surface area contributed by atoms with Crippen molar-refractivity contribution in [3.8, 4) is 5.75 Å². The van der Waals surface area contributed by atoms with Gasteiger partial charge in [0.1, 0.15) is 23.9 Å². The van der Waals surface area contributed by atoms with Gasteiger partial charge in [-0.1, -0.05) is 12.1 Å². The number of thioether (sulfide) groups is 1. The summed E-state index contributed by atoms with van der Waals surface area (Å²) in [4.78, 5) is 61.8. The highest BCUT2D eigenvalue weighted by Crippen LogP contribution is 2.13. The minimum atomic E-state index is -1.22. The third-order valence-electron chi connectivity index (χ3n) is 5.85. The molecule has 0 fully saturated rings. The molecule has 218 valence electrons. The van der Waals surface area contributed by atoms with Crippen LogP contribution in [0.5, 0.6) is 5.75 Å². The van der Waals surface area contributed by atoms with Crippen LogP contribution in [0.3, 0.4) is 0 Å². The molecule has 0 radical (unpaired) electrons. The molecule has 0 heterocycles. The quantitative estimate of drug-likeness (QED) is 0.0941. The molecule has 0 saturated heterocycles. The molecule has 11 N–H and O–H groups in total. The van der Waals surface area contributed by atoms with Crippen molar-refractivity contribution in [2.45, 2.75) is 69.1 Å². The predicted octanol–water partition coefficient (Wildman–Crippen LogP) is -1.05. The van der Waals surface area contributed by atoms with Crippen molar-refractivity contribution >= 4 is 41.4 Å². The number of nitrogens with one attached hydrogen (secondary N) is 3. The van der Waals surface area contributed by atoms with Crippen molar-refractivity contribution in [3.63, 3.8) is 0 Å². The number of benzene rings is 1. The van der Waals surface area contributed by atoms with Gasteiger partial charge in [0.25, 0.3) is 0 Å². The molecular formula is C25H40N6O7S. The molecular weight excluding hydrogens is 528 g/mol. The molecule has 39 heavy (non-hydrogen) atoms. The Hall–Kier alpha value is -3.36. The summed E-state index contributed by atoms with van der Waals surface area (Å²) < 4.78 is 0. The molecule has 0 bridgehead atoms. The summed E-state index contributed by atoms with van der Waals surface area (Å²) in [5, 5.41) is 26.8. The van der Waals surface area contributed by atoms with Crippen LogP contribution in [-0.4, -0.2) is 82.5 Å². The second kappa shape index (κ2) is 18.0. The van der Waals surface area contributed by atoms with Crippen molar-refractivity contribution in [3.05, 3.63) is 29.8 Å². The fourth-order valence-corrected chi connectivity index (χ4v) is 4.06. The van der Waals surface area contributed by atoms with Crippen molar-refractivity contribution in [2.24, 2.45) is 17.2 Å². The maximum Gasteiger partial charge on any atom is 0.326 e. The number of nitrogens with two attached hydrogens (primary N) is 3. The first-order valence-electron chi connectivity index (χ1n) is 12.6. The van der Waals surface area contributed by atoms with Crippen LogP contribution in [0.15, 0.2) is 24.3 Å². The van der Waals surface area contributed by atoms with Crippen molar-refractivity contribution in [1.29, 1.82) is 0 Å². The van der Waals surface area contributed by atoms with Gasteiger partial charge in [-0.2, -0.15) is 11.8 Å². The zero-order valence-corrected chi connectivity index (χ0v) is 22.9. The van der Waals surface area contributed by atoms with E-state index in [2.05, 4.69) is 16.0 Å². The summed E-state index contributed by atoms with van der Waals surface area (Å²) in [5.74, 6) is -3.33. The van der Waals surface area contributed by atoms with Crippen LogP contribution in [0.4, 0.5) is 0 Å². The summed E-state index contributed by atoms with van der Waals surface area (Å²) in [7, 11) is 0. The molecule has 1 aromatic rings. The van der Waals surface area contributed by atoms with Gasteiger partial charge >= 0.3 is 5.97 Å². The van der Waals surface area contributed by atoms with Gasteiger partial charge in [-0.25, -0.2) is 4.79 Å². The van der Waals surface area contributed by atoms with E-state index in [1.54, 1.807) is 12.1 Å². The van der Waals surface area contributed by atoms with Gasteiger partial charge in [-0.3, -0.25) is 19.2 Å². The minimum absolute atomic E-state index is 0.00461.